The Morgan fingerprint density at radius 3 is 2.62 bits per heavy atom. The number of hydrogen-bond acceptors (Lipinski definition) is 3. The van der Waals surface area contributed by atoms with Crippen molar-refractivity contribution in [1.82, 2.24) is 15.1 Å². The third kappa shape index (κ3) is 4.96. The van der Waals surface area contributed by atoms with Gasteiger partial charge < -0.3 is 15.1 Å². The first-order valence-corrected chi connectivity index (χ1v) is 8.35. The fourth-order valence-corrected chi connectivity index (χ4v) is 3.20. The lowest BCUT2D eigenvalue weighted by Gasteiger charge is -2.23. The Kier molecular flexibility index (Phi) is 6.49. The summed E-state index contributed by atoms with van der Waals surface area (Å²) in [7, 11) is 4.37. The molecule has 0 spiro atoms. The van der Waals surface area contributed by atoms with Crippen molar-refractivity contribution in [3.63, 3.8) is 0 Å². The molecule has 0 radical (unpaired) electrons. The molecule has 1 saturated heterocycles. The maximum absolute atomic E-state index is 5.99. The van der Waals surface area contributed by atoms with Crippen LogP contribution in [0.1, 0.15) is 31.4 Å². The van der Waals surface area contributed by atoms with E-state index >= 15 is 0 Å². The van der Waals surface area contributed by atoms with Crippen molar-refractivity contribution in [3.8, 4) is 0 Å². The molecule has 1 aliphatic heterocycles. The number of hydrogen-bond donors (Lipinski definition) is 1. The van der Waals surface area contributed by atoms with Gasteiger partial charge in [0.05, 0.1) is 0 Å². The van der Waals surface area contributed by atoms with Gasteiger partial charge in [-0.2, -0.15) is 0 Å². The number of rotatable bonds is 7. The van der Waals surface area contributed by atoms with Gasteiger partial charge in [0, 0.05) is 30.2 Å². The van der Waals surface area contributed by atoms with E-state index in [4.69, 9.17) is 11.6 Å². The van der Waals surface area contributed by atoms with Crippen LogP contribution in [0.5, 0.6) is 0 Å². The predicted molar refractivity (Wildman–Crippen MR) is 91.0 cm³/mol. The highest BCUT2D eigenvalue weighted by Crippen LogP contribution is 2.21. The molecule has 1 aromatic rings. The summed E-state index contributed by atoms with van der Waals surface area (Å²) >= 11 is 5.99. The summed E-state index contributed by atoms with van der Waals surface area (Å²) in [6.07, 6.45) is 2.44. The number of nitrogens with zero attached hydrogens (tertiary/aromatic N) is 2. The average molecular weight is 310 g/mol. The monoisotopic (exact) mass is 309 g/mol. The van der Waals surface area contributed by atoms with E-state index in [-0.39, 0.29) is 0 Å². The van der Waals surface area contributed by atoms with Gasteiger partial charge in [-0.15, -0.1) is 0 Å². The van der Waals surface area contributed by atoms with E-state index < -0.39 is 0 Å². The fourth-order valence-electron chi connectivity index (χ4n) is 3.08. The van der Waals surface area contributed by atoms with Gasteiger partial charge in [0.25, 0.3) is 0 Å². The van der Waals surface area contributed by atoms with E-state index in [2.05, 4.69) is 48.3 Å². The van der Waals surface area contributed by atoms with Crippen LogP contribution in [-0.4, -0.2) is 56.1 Å². The zero-order valence-electron chi connectivity index (χ0n) is 13.5. The average Bonchev–Trinajstić information content (AvgIpc) is 2.93. The minimum atomic E-state index is 0.422. The number of nitrogens with one attached hydrogen (secondary N) is 1. The maximum atomic E-state index is 5.99. The van der Waals surface area contributed by atoms with Crippen LogP contribution in [0, 0.1) is 0 Å². The number of halogens is 1. The minimum Gasteiger partial charge on any atom is -0.310 e. The van der Waals surface area contributed by atoms with Gasteiger partial charge in [0.2, 0.25) is 0 Å². The Hall–Kier alpha value is -0.610. The van der Waals surface area contributed by atoms with Gasteiger partial charge in [0.1, 0.15) is 0 Å². The molecule has 21 heavy (non-hydrogen) atoms. The van der Waals surface area contributed by atoms with E-state index in [1.54, 1.807) is 0 Å². The first-order chi connectivity index (χ1) is 10.1. The van der Waals surface area contributed by atoms with Crippen molar-refractivity contribution < 1.29 is 0 Å². The van der Waals surface area contributed by atoms with Crippen LogP contribution in [0.15, 0.2) is 24.3 Å². The van der Waals surface area contributed by atoms with Gasteiger partial charge in [-0.1, -0.05) is 30.7 Å². The van der Waals surface area contributed by atoms with E-state index in [0.717, 1.165) is 30.6 Å². The standard InChI is InChI=1S/C17H28ClN3/c1-4-19-17(14-5-7-15(18)8-6-14)10-12-21-11-9-16(13-21)20(2)3/h5-8,16-17,19H,4,9-13H2,1-3H3. The van der Waals surface area contributed by atoms with Gasteiger partial charge >= 0.3 is 0 Å². The third-order valence-electron chi connectivity index (χ3n) is 4.43. The molecule has 118 valence electrons. The largest absolute Gasteiger partial charge is 0.310 e. The zero-order chi connectivity index (χ0) is 15.2. The van der Waals surface area contributed by atoms with Gasteiger partial charge in [0.15, 0.2) is 0 Å². The lowest BCUT2D eigenvalue weighted by molar-refractivity contribution is 0.260. The van der Waals surface area contributed by atoms with E-state index in [1.807, 2.05) is 12.1 Å². The lowest BCUT2D eigenvalue weighted by Crippen LogP contribution is -2.33. The third-order valence-corrected chi connectivity index (χ3v) is 4.69. The van der Waals surface area contributed by atoms with Gasteiger partial charge in [-0.25, -0.2) is 0 Å². The highest BCUT2D eigenvalue weighted by atomic mass is 35.5. The molecule has 0 bridgehead atoms. The van der Waals surface area contributed by atoms with Crippen molar-refractivity contribution >= 4 is 11.6 Å². The smallest absolute Gasteiger partial charge is 0.0406 e. The summed E-state index contributed by atoms with van der Waals surface area (Å²) in [6, 6.07) is 9.40. The Morgan fingerprint density at radius 2 is 2.05 bits per heavy atom. The molecular formula is C17H28ClN3. The molecule has 0 aromatic heterocycles. The highest BCUT2D eigenvalue weighted by Gasteiger charge is 2.24. The molecule has 0 saturated carbocycles. The second-order valence-corrected chi connectivity index (χ2v) is 6.59. The molecule has 2 atom stereocenters. The topological polar surface area (TPSA) is 18.5 Å². The van der Waals surface area contributed by atoms with Crippen molar-refractivity contribution in [2.75, 3.05) is 40.3 Å². The van der Waals surface area contributed by atoms with Gasteiger partial charge in [-0.05, 0) is 57.7 Å². The summed E-state index contributed by atoms with van der Waals surface area (Å²) in [4.78, 5) is 4.94. The summed E-state index contributed by atoms with van der Waals surface area (Å²) in [5.41, 5.74) is 1.34. The van der Waals surface area contributed by atoms with Crippen LogP contribution in [0.4, 0.5) is 0 Å². The van der Waals surface area contributed by atoms with E-state index in [0.29, 0.717) is 6.04 Å². The normalized spacial score (nSPS) is 21.1. The van der Waals surface area contributed by atoms with E-state index in [9.17, 15) is 0 Å². The molecule has 1 heterocycles. The molecule has 2 unspecified atom stereocenters. The molecule has 0 aliphatic carbocycles. The molecule has 4 heteroatoms. The molecule has 3 nitrogen and oxygen atoms in total. The van der Waals surface area contributed by atoms with Crippen molar-refractivity contribution in [3.05, 3.63) is 34.9 Å². The number of likely N-dealkylation sites (N-methyl/N-ethyl adjacent to an activating group) is 1. The van der Waals surface area contributed by atoms with Crippen LogP contribution in [0.3, 0.4) is 0 Å². The quantitative estimate of drug-likeness (QED) is 0.835. The lowest BCUT2D eigenvalue weighted by atomic mass is 10.0. The summed E-state index contributed by atoms with van der Waals surface area (Å²) < 4.78 is 0. The number of likely N-dealkylation sites (tertiary alicyclic amines) is 1. The Bertz CT molecular complexity index is 419. The Morgan fingerprint density at radius 1 is 1.33 bits per heavy atom. The summed E-state index contributed by atoms with van der Waals surface area (Å²) in [5.74, 6) is 0. The first-order valence-electron chi connectivity index (χ1n) is 7.97. The zero-order valence-corrected chi connectivity index (χ0v) is 14.2. The minimum absolute atomic E-state index is 0.422. The molecule has 2 rings (SSSR count). The van der Waals surface area contributed by atoms with Crippen molar-refractivity contribution in [1.29, 1.82) is 0 Å². The van der Waals surface area contributed by atoms with Crippen LogP contribution < -0.4 is 5.32 Å². The fraction of sp³-hybridized carbons (Fsp3) is 0.647. The van der Waals surface area contributed by atoms with Crippen LogP contribution >= 0.6 is 11.6 Å². The first kappa shape index (κ1) is 16.8. The molecule has 1 aliphatic rings. The maximum Gasteiger partial charge on any atom is 0.0406 e. The van der Waals surface area contributed by atoms with Crippen molar-refractivity contribution in [2.24, 2.45) is 0 Å². The SMILES string of the molecule is CCNC(CCN1CCC(N(C)C)C1)c1ccc(Cl)cc1. The summed E-state index contributed by atoms with van der Waals surface area (Å²) in [5, 5.41) is 4.40. The van der Waals surface area contributed by atoms with E-state index in [1.165, 1.54) is 25.1 Å². The highest BCUT2D eigenvalue weighted by molar-refractivity contribution is 6.30. The van der Waals surface area contributed by atoms with Crippen molar-refractivity contribution in [2.45, 2.75) is 31.8 Å². The molecule has 1 N–H and O–H groups in total. The molecule has 1 fully saturated rings. The van der Waals surface area contributed by atoms with Crippen LogP contribution in [-0.2, 0) is 0 Å². The Balaban J connectivity index is 1.87. The number of benzene rings is 1. The predicted octanol–water partition coefficient (Wildman–Crippen LogP) is 3.02. The second-order valence-electron chi connectivity index (χ2n) is 6.16. The second kappa shape index (κ2) is 8.14. The van der Waals surface area contributed by atoms with Crippen LogP contribution in [0.2, 0.25) is 5.02 Å². The van der Waals surface area contributed by atoms with Crippen LogP contribution in [0.25, 0.3) is 0 Å². The molecular weight excluding hydrogens is 282 g/mol. The Labute approximate surface area is 134 Å². The summed E-state index contributed by atoms with van der Waals surface area (Å²) in [6.45, 7) is 6.74. The molecule has 0 amide bonds. The molecule has 1 aromatic carbocycles. The van der Waals surface area contributed by atoms with Gasteiger partial charge in [-0.3, -0.25) is 0 Å².